The highest BCUT2D eigenvalue weighted by atomic mass is 16.6. The molecule has 1 amide bonds. The van der Waals surface area contributed by atoms with Gasteiger partial charge >= 0.3 is 5.97 Å². The lowest BCUT2D eigenvalue weighted by Gasteiger charge is -2.10. The summed E-state index contributed by atoms with van der Waals surface area (Å²) in [5.41, 5.74) is 4.04. The first-order valence-corrected chi connectivity index (χ1v) is 9.23. The molecule has 1 aromatic heterocycles. The van der Waals surface area contributed by atoms with Crippen LogP contribution in [0.4, 0.5) is 11.4 Å². The van der Waals surface area contributed by atoms with Crippen LogP contribution >= 0.6 is 0 Å². The first-order valence-electron chi connectivity index (χ1n) is 9.23. The van der Waals surface area contributed by atoms with Crippen molar-refractivity contribution in [2.24, 2.45) is 0 Å². The number of anilines is 1. The van der Waals surface area contributed by atoms with Gasteiger partial charge in [-0.2, -0.15) is 0 Å². The van der Waals surface area contributed by atoms with Gasteiger partial charge in [0.15, 0.2) is 6.61 Å². The Morgan fingerprint density at radius 1 is 1.00 bits per heavy atom. The minimum absolute atomic E-state index is 0.0990. The van der Waals surface area contributed by atoms with Crippen LogP contribution in [0.15, 0.2) is 54.6 Å². The van der Waals surface area contributed by atoms with E-state index in [1.807, 2.05) is 38.1 Å². The molecule has 0 aliphatic carbocycles. The minimum atomic E-state index is -0.632. The van der Waals surface area contributed by atoms with Crippen molar-refractivity contribution in [3.8, 4) is 5.69 Å². The topological polar surface area (TPSA) is 103 Å². The van der Waals surface area contributed by atoms with Crippen LogP contribution in [0.1, 0.15) is 27.3 Å². The first-order chi connectivity index (χ1) is 14.3. The molecule has 3 rings (SSSR count). The summed E-state index contributed by atoms with van der Waals surface area (Å²) in [6.07, 6.45) is 0. The van der Waals surface area contributed by atoms with Crippen LogP contribution in [-0.2, 0) is 9.53 Å². The zero-order valence-corrected chi connectivity index (χ0v) is 16.8. The van der Waals surface area contributed by atoms with Crippen molar-refractivity contribution in [1.82, 2.24) is 4.57 Å². The maximum atomic E-state index is 12.2. The number of carbonyl (C=O) groups excluding carboxylic acids is 2. The van der Waals surface area contributed by atoms with Crippen molar-refractivity contribution in [3.63, 3.8) is 0 Å². The predicted molar refractivity (Wildman–Crippen MR) is 112 cm³/mol. The molecule has 154 valence electrons. The van der Waals surface area contributed by atoms with E-state index in [4.69, 9.17) is 4.74 Å². The summed E-state index contributed by atoms with van der Waals surface area (Å²) in [5, 5.41) is 13.5. The molecule has 0 radical (unpaired) electrons. The van der Waals surface area contributed by atoms with E-state index in [1.54, 1.807) is 25.1 Å². The van der Waals surface area contributed by atoms with Gasteiger partial charge in [0.05, 0.1) is 10.5 Å². The molecule has 2 aromatic carbocycles. The molecule has 0 aliphatic heterocycles. The van der Waals surface area contributed by atoms with Crippen LogP contribution in [-0.4, -0.2) is 28.0 Å². The number of ether oxygens (including phenoxy) is 1. The monoisotopic (exact) mass is 407 g/mol. The Morgan fingerprint density at radius 3 is 2.23 bits per heavy atom. The molecule has 1 heterocycles. The van der Waals surface area contributed by atoms with Gasteiger partial charge in [-0.05, 0) is 63.2 Å². The van der Waals surface area contributed by atoms with Crippen LogP contribution in [0.3, 0.4) is 0 Å². The van der Waals surface area contributed by atoms with E-state index < -0.39 is 23.4 Å². The van der Waals surface area contributed by atoms with E-state index in [-0.39, 0.29) is 11.4 Å². The van der Waals surface area contributed by atoms with E-state index >= 15 is 0 Å². The molecular weight excluding hydrogens is 386 g/mol. The Kier molecular flexibility index (Phi) is 5.96. The van der Waals surface area contributed by atoms with Gasteiger partial charge in [0, 0.05) is 34.4 Å². The third-order valence-corrected chi connectivity index (χ3v) is 4.66. The average molecular weight is 407 g/mol. The van der Waals surface area contributed by atoms with E-state index in [2.05, 4.69) is 9.88 Å². The molecular formula is C22H21N3O5. The molecule has 8 nitrogen and oxygen atoms in total. The molecule has 0 saturated heterocycles. The average Bonchev–Trinajstić information content (AvgIpc) is 3.05. The van der Waals surface area contributed by atoms with Crippen LogP contribution in [0.25, 0.3) is 5.69 Å². The maximum absolute atomic E-state index is 12.2. The number of esters is 1. The highest BCUT2D eigenvalue weighted by Gasteiger charge is 2.14. The first kappa shape index (κ1) is 20.8. The molecule has 1 N–H and O–H groups in total. The number of carbonyl (C=O) groups is 2. The maximum Gasteiger partial charge on any atom is 0.338 e. The standard InChI is InChI=1S/C22H21N3O5/c1-14-4-9-18(12-20(14)25(28)29)23-21(26)13-30-22(27)17-7-10-19(11-8-17)24-15(2)5-6-16(24)3/h4-12H,13H2,1-3H3,(H,23,26). The van der Waals surface area contributed by atoms with Gasteiger partial charge in [0.25, 0.3) is 11.6 Å². The van der Waals surface area contributed by atoms with Gasteiger partial charge in [-0.25, -0.2) is 4.79 Å². The summed E-state index contributed by atoms with van der Waals surface area (Å²) in [5.74, 6) is -1.22. The zero-order chi connectivity index (χ0) is 21.8. The fourth-order valence-corrected chi connectivity index (χ4v) is 3.12. The Balaban J connectivity index is 1.60. The lowest BCUT2D eigenvalue weighted by Crippen LogP contribution is -2.21. The SMILES string of the molecule is Cc1ccc(NC(=O)COC(=O)c2ccc(-n3c(C)ccc3C)cc2)cc1[N+](=O)[O-]. The third-order valence-electron chi connectivity index (χ3n) is 4.66. The molecule has 0 unspecified atom stereocenters. The Labute approximate surface area is 173 Å². The molecule has 0 bridgehead atoms. The molecule has 8 heteroatoms. The molecule has 0 fully saturated rings. The normalized spacial score (nSPS) is 10.5. The second-order valence-corrected chi connectivity index (χ2v) is 6.88. The second-order valence-electron chi connectivity index (χ2n) is 6.88. The molecule has 0 atom stereocenters. The number of nitrogens with zero attached hydrogens (tertiary/aromatic N) is 2. The number of nitrogens with one attached hydrogen (secondary N) is 1. The van der Waals surface area contributed by atoms with E-state index in [0.717, 1.165) is 17.1 Å². The molecule has 3 aromatic rings. The van der Waals surface area contributed by atoms with Crippen LogP contribution in [0, 0.1) is 30.9 Å². The number of amides is 1. The predicted octanol–water partition coefficient (Wildman–Crippen LogP) is 4.11. The minimum Gasteiger partial charge on any atom is -0.452 e. The van der Waals surface area contributed by atoms with E-state index in [1.165, 1.54) is 12.1 Å². The van der Waals surface area contributed by atoms with Crippen LogP contribution in [0.5, 0.6) is 0 Å². The van der Waals surface area contributed by atoms with Crippen molar-refractivity contribution in [1.29, 1.82) is 0 Å². The summed E-state index contributed by atoms with van der Waals surface area (Å²) in [6, 6.07) is 15.3. The zero-order valence-electron chi connectivity index (χ0n) is 16.8. The van der Waals surface area contributed by atoms with Crippen molar-refractivity contribution in [2.45, 2.75) is 20.8 Å². The fraction of sp³-hybridized carbons (Fsp3) is 0.182. The van der Waals surface area contributed by atoms with Gasteiger partial charge in [0.1, 0.15) is 0 Å². The highest BCUT2D eigenvalue weighted by Crippen LogP contribution is 2.22. The van der Waals surface area contributed by atoms with E-state index in [0.29, 0.717) is 11.1 Å². The lowest BCUT2D eigenvalue weighted by molar-refractivity contribution is -0.385. The quantitative estimate of drug-likeness (QED) is 0.376. The van der Waals surface area contributed by atoms with E-state index in [9.17, 15) is 19.7 Å². The number of hydrogen-bond donors (Lipinski definition) is 1. The Bertz CT molecular complexity index is 1100. The van der Waals surface area contributed by atoms with Crippen molar-refractivity contribution >= 4 is 23.3 Å². The second kappa shape index (κ2) is 8.60. The van der Waals surface area contributed by atoms with Crippen molar-refractivity contribution in [2.75, 3.05) is 11.9 Å². The van der Waals surface area contributed by atoms with Gasteiger partial charge in [-0.3, -0.25) is 14.9 Å². The van der Waals surface area contributed by atoms with Gasteiger partial charge in [0.2, 0.25) is 0 Å². The largest absolute Gasteiger partial charge is 0.452 e. The fourth-order valence-electron chi connectivity index (χ4n) is 3.12. The van der Waals surface area contributed by atoms with Crippen LogP contribution < -0.4 is 5.32 Å². The third kappa shape index (κ3) is 4.54. The smallest absolute Gasteiger partial charge is 0.338 e. The molecule has 0 aliphatic rings. The summed E-state index contributed by atoms with van der Waals surface area (Å²) in [6.45, 7) is 5.10. The number of nitro benzene ring substituents is 1. The number of aryl methyl sites for hydroxylation is 3. The van der Waals surface area contributed by atoms with Gasteiger partial charge in [-0.1, -0.05) is 6.07 Å². The lowest BCUT2D eigenvalue weighted by atomic mass is 10.2. The molecule has 0 spiro atoms. The van der Waals surface area contributed by atoms with Gasteiger partial charge < -0.3 is 14.6 Å². The number of hydrogen-bond acceptors (Lipinski definition) is 5. The van der Waals surface area contributed by atoms with Crippen molar-refractivity contribution in [3.05, 3.63) is 87.2 Å². The summed E-state index contributed by atoms with van der Waals surface area (Å²) < 4.78 is 7.11. The number of aromatic nitrogens is 1. The number of nitro groups is 1. The highest BCUT2D eigenvalue weighted by molar-refractivity contribution is 5.95. The van der Waals surface area contributed by atoms with Crippen LogP contribution in [0.2, 0.25) is 0 Å². The number of benzene rings is 2. The summed E-state index contributed by atoms with van der Waals surface area (Å²) in [7, 11) is 0. The Hall–Kier alpha value is -3.94. The molecule has 0 saturated carbocycles. The summed E-state index contributed by atoms with van der Waals surface area (Å²) in [4.78, 5) is 34.7. The molecule has 30 heavy (non-hydrogen) atoms. The Morgan fingerprint density at radius 2 is 1.63 bits per heavy atom. The summed E-state index contributed by atoms with van der Waals surface area (Å²) >= 11 is 0. The number of rotatable bonds is 6. The van der Waals surface area contributed by atoms with Crippen molar-refractivity contribution < 1.29 is 19.2 Å². The van der Waals surface area contributed by atoms with Gasteiger partial charge in [-0.15, -0.1) is 0 Å².